The molecule has 0 saturated carbocycles. The monoisotopic (exact) mass is 675 g/mol. The summed E-state index contributed by atoms with van der Waals surface area (Å²) in [5.74, 6) is 0. The van der Waals surface area contributed by atoms with Gasteiger partial charge in [0.1, 0.15) is 11.2 Å². The van der Waals surface area contributed by atoms with E-state index in [1.165, 1.54) is 50.1 Å². The lowest BCUT2D eigenvalue weighted by Crippen LogP contribution is -2.30. The molecule has 0 fully saturated rings. The van der Waals surface area contributed by atoms with Gasteiger partial charge < -0.3 is 9.32 Å². The zero-order valence-corrected chi connectivity index (χ0v) is 28.9. The summed E-state index contributed by atoms with van der Waals surface area (Å²) >= 11 is 0. The Hall–Kier alpha value is -6.90. The van der Waals surface area contributed by atoms with E-state index in [1.807, 2.05) is 6.07 Å². The molecule has 9 aromatic rings. The van der Waals surface area contributed by atoms with Gasteiger partial charge in [-0.05, 0) is 74.8 Å². The molecule has 1 aromatic heterocycles. The summed E-state index contributed by atoms with van der Waals surface area (Å²) in [5, 5.41) is 2.20. The average molecular weight is 676 g/mol. The van der Waals surface area contributed by atoms with E-state index in [2.05, 4.69) is 199 Å². The van der Waals surface area contributed by atoms with Gasteiger partial charge in [-0.1, -0.05) is 170 Å². The van der Waals surface area contributed by atoms with Gasteiger partial charge in [-0.25, -0.2) is 0 Å². The highest BCUT2D eigenvalue weighted by Crippen LogP contribution is 2.62. The van der Waals surface area contributed by atoms with E-state index in [9.17, 15) is 0 Å². The van der Waals surface area contributed by atoms with Gasteiger partial charge in [0.25, 0.3) is 0 Å². The zero-order chi connectivity index (χ0) is 34.9. The molecule has 2 aliphatic rings. The highest BCUT2D eigenvalue weighted by atomic mass is 16.3. The van der Waals surface area contributed by atoms with Crippen molar-refractivity contribution in [2.45, 2.75) is 5.41 Å². The molecule has 0 aliphatic heterocycles. The van der Waals surface area contributed by atoms with E-state index in [0.717, 1.165) is 44.6 Å². The summed E-state index contributed by atoms with van der Waals surface area (Å²) in [7, 11) is 0. The lowest BCUT2D eigenvalue weighted by atomic mass is 9.66. The molecule has 0 unspecified atom stereocenters. The van der Waals surface area contributed by atoms with Crippen molar-refractivity contribution in [1.29, 1.82) is 0 Å². The third kappa shape index (κ3) is 4.21. The van der Waals surface area contributed by atoms with Crippen molar-refractivity contribution < 1.29 is 4.42 Å². The van der Waals surface area contributed by atoms with Gasteiger partial charge >= 0.3 is 0 Å². The number of nitrogens with zero attached hydrogens (tertiary/aromatic N) is 1. The van der Waals surface area contributed by atoms with Crippen LogP contribution in [0, 0.1) is 0 Å². The van der Waals surface area contributed by atoms with Crippen LogP contribution in [0.1, 0.15) is 33.4 Å². The Balaban J connectivity index is 1.30. The van der Waals surface area contributed by atoms with Crippen molar-refractivity contribution in [2.75, 3.05) is 4.90 Å². The van der Waals surface area contributed by atoms with Gasteiger partial charge in [0.2, 0.25) is 0 Å². The molecule has 0 bridgehead atoms. The molecule has 0 atom stereocenters. The maximum absolute atomic E-state index is 6.53. The van der Waals surface area contributed by atoms with Crippen LogP contribution in [0.15, 0.2) is 192 Å². The lowest BCUT2D eigenvalue weighted by Gasteiger charge is -2.36. The van der Waals surface area contributed by atoms with Crippen molar-refractivity contribution in [2.24, 2.45) is 0 Å². The summed E-state index contributed by atoms with van der Waals surface area (Å²) in [6, 6.07) is 68.3. The maximum Gasteiger partial charge on any atom is 0.137 e. The Bertz CT molecular complexity index is 2860. The lowest BCUT2D eigenvalue weighted by molar-refractivity contribution is 0.669. The third-order valence-corrected chi connectivity index (χ3v) is 11.3. The van der Waals surface area contributed by atoms with Crippen LogP contribution in [0.2, 0.25) is 0 Å². The smallest absolute Gasteiger partial charge is 0.137 e. The molecule has 2 aliphatic carbocycles. The van der Waals surface area contributed by atoms with Gasteiger partial charge in [-0.15, -0.1) is 0 Å². The highest BCUT2D eigenvalue weighted by Gasteiger charge is 2.49. The molecule has 11 rings (SSSR count). The van der Waals surface area contributed by atoms with Crippen molar-refractivity contribution >= 4 is 51.2 Å². The normalized spacial score (nSPS) is 13.4. The summed E-state index contributed by atoms with van der Waals surface area (Å²) in [5.41, 5.74) is 17.0. The Morgan fingerprint density at radius 2 is 0.925 bits per heavy atom. The number of anilines is 3. The first-order valence-electron chi connectivity index (χ1n) is 18.3. The Kier molecular flexibility index (Phi) is 6.50. The molecule has 8 aromatic carbocycles. The molecule has 2 nitrogen and oxygen atoms in total. The number of para-hydroxylation sites is 2. The second-order valence-electron chi connectivity index (χ2n) is 14.0. The third-order valence-electron chi connectivity index (χ3n) is 11.3. The molecule has 0 saturated heterocycles. The van der Waals surface area contributed by atoms with E-state index < -0.39 is 5.41 Å². The minimum absolute atomic E-state index is 0.530. The Morgan fingerprint density at radius 1 is 0.377 bits per heavy atom. The summed E-state index contributed by atoms with van der Waals surface area (Å²) < 4.78 is 6.53. The van der Waals surface area contributed by atoms with Crippen LogP contribution in [0.25, 0.3) is 56.3 Å². The molecule has 1 heterocycles. The Morgan fingerprint density at radius 3 is 1.72 bits per heavy atom. The number of fused-ring (bicyclic) bond motifs is 12. The first-order valence-corrected chi connectivity index (χ1v) is 18.3. The number of hydrogen-bond donors (Lipinski definition) is 0. The van der Waals surface area contributed by atoms with Crippen LogP contribution in [0.5, 0.6) is 0 Å². The van der Waals surface area contributed by atoms with Crippen LogP contribution >= 0.6 is 0 Å². The van der Waals surface area contributed by atoms with Gasteiger partial charge in [0.05, 0.1) is 27.9 Å². The SMILES string of the molecule is C1=Cc2ccccc2C2(c3ccccc31)c1ccccc1-c1c(N(c3ccccc3-c3ccccc3)c3cccc4oc5ccccc5c34)cccc12. The van der Waals surface area contributed by atoms with Crippen molar-refractivity contribution in [3.8, 4) is 22.3 Å². The predicted octanol–water partition coefficient (Wildman–Crippen LogP) is 13.6. The molecule has 0 amide bonds. The fraction of sp³-hybridized carbons (Fsp3) is 0.0196. The van der Waals surface area contributed by atoms with Gasteiger partial charge in [0.15, 0.2) is 0 Å². The minimum Gasteiger partial charge on any atom is -0.456 e. The zero-order valence-electron chi connectivity index (χ0n) is 28.9. The van der Waals surface area contributed by atoms with Crippen LogP contribution < -0.4 is 4.90 Å². The van der Waals surface area contributed by atoms with Crippen LogP contribution in [-0.2, 0) is 5.41 Å². The van der Waals surface area contributed by atoms with Gasteiger partial charge in [-0.3, -0.25) is 0 Å². The van der Waals surface area contributed by atoms with Gasteiger partial charge in [-0.2, -0.15) is 0 Å². The van der Waals surface area contributed by atoms with E-state index >= 15 is 0 Å². The standard InChI is InChI=1S/C51H33NO/c1-2-16-34(17-3-1)37-20-7-12-27-44(37)52(46-29-15-31-48-50(46)39-22-8-13-30-47(39)53-48)45-28-14-26-43-49(45)38-21-6-11-25-42(38)51(43)40-23-9-4-18-35(40)32-33-36-19-5-10-24-41(36)51/h1-33H. The fourth-order valence-electron chi connectivity index (χ4n) is 9.23. The topological polar surface area (TPSA) is 16.4 Å². The quantitative estimate of drug-likeness (QED) is 0.185. The van der Waals surface area contributed by atoms with E-state index in [4.69, 9.17) is 4.42 Å². The fourth-order valence-corrected chi connectivity index (χ4v) is 9.23. The number of hydrogen-bond acceptors (Lipinski definition) is 2. The number of benzene rings is 8. The first-order chi connectivity index (χ1) is 26.3. The molecule has 248 valence electrons. The van der Waals surface area contributed by atoms with E-state index in [1.54, 1.807) is 0 Å². The van der Waals surface area contributed by atoms with Crippen LogP contribution in [0.4, 0.5) is 17.1 Å². The minimum atomic E-state index is -0.530. The summed E-state index contributed by atoms with van der Waals surface area (Å²) in [6.45, 7) is 0. The van der Waals surface area contributed by atoms with Crippen LogP contribution in [-0.4, -0.2) is 0 Å². The predicted molar refractivity (Wildman–Crippen MR) is 220 cm³/mol. The van der Waals surface area contributed by atoms with Crippen molar-refractivity contribution in [3.63, 3.8) is 0 Å². The molecule has 2 heteroatoms. The van der Waals surface area contributed by atoms with Crippen molar-refractivity contribution in [1.82, 2.24) is 0 Å². The van der Waals surface area contributed by atoms with Crippen molar-refractivity contribution in [3.05, 3.63) is 221 Å². The maximum atomic E-state index is 6.53. The molecule has 0 N–H and O–H groups in total. The van der Waals surface area contributed by atoms with Gasteiger partial charge in [0, 0.05) is 16.5 Å². The molecular formula is C51H33NO. The first kappa shape index (κ1) is 29.8. The van der Waals surface area contributed by atoms with Crippen LogP contribution in [0.3, 0.4) is 0 Å². The molecule has 53 heavy (non-hydrogen) atoms. The second-order valence-corrected chi connectivity index (χ2v) is 14.0. The Labute approximate surface area is 308 Å². The second kappa shape index (κ2) is 11.6. The summed E-state index contributed by atoms with van der Waals surface area (Å²) in [4.78, 5) is 2.49. The van der Waals surface area contributed by atoms with E-state index in [-0.39, 0.29) is 0 Å². The molecular weight excluding hydrogens is 643 g/mol. The molecule has 1 spiro atoms. The summed E-state index contributed by atoms with van der Waals surface area (Å²) in [6.07, 6.45) is 4.58. The number of furan rings is 1. The molecule has 0 radical (unpaired) electrons. The number of rotatable bonds is 4. The highest BCUT2D eigenvalue weighted by molar-refractivity contribution is 6.15. The van der Waals surface area contributed by atoms with E-state index in [0.29, 0.717) is 0 Å². The largest absolute Gasteiger partial charge is 0.456 e. The average Bonchev–Trinajstić information content (AvgIpc) is 3.71.